The van der Waals surface area contributed by atoms with Crippen LogP contribution in [-0.4, -0.2) is 39.2 Å². The van der Waals surface area contributed by atoms with Crippen molar-refractivity contribution in [2.24, 2.45) is 5.92 Å². The molecule has 0 spiro atoms. The van der Waals surface area contributed by atoms with Gasteiger partial charge in [-0.1, -0.05) is 26.0 Å². The Hall–Kier alpha value is -3.15. The number of pyridine rings is 1. The Morgan fingerprint density at radius 2 is 1.84 bits per heavy atom. The highest BCUT2D eigenvalue weighted by Crippen LogP contribution is 2.28. The van der Waals surface area contributed by atoms with E-state index in [-0.39, 0.29) is 11.8 Å². The van der Waals surface area contributed by atoms with E-state index in [0.29, 0.717) is 30.4 Å². The third-order valence-corrected chi connectivity index (χ3v) is 5.99. The molecular weight excluding hydrogens is 388 g/mol. The molecule has 0 aliphatic carbocycles. The van der Waals surface area contributed by atoms with Crippen molar-refractivity contribution in [3.63, 3.8) is 0 Å². The summed E-state index contributed by atoms with van der Waals surface area (Å²) in [5.74, 6) is 1.04. The lowest BCUT2D eigenvalue weighted by Crippen LogP contribution is -2.38. The molecule has 162 valence electrons. The summed E-state index contributed by atoms with van der Waals surface area (Å²) in [6.45, 7) is 6.27. The van der Waals surface area contributed by atoms with E-state index in [0.717, 1.165) is 37.1 Å². The first-order chi connectivity index (χ1) is 15.0. The van der Waals surface area contributed by atoms with Gasteiger partial charge >= 0.3 is 0 Å². The Morgan fingerprint density at radius 1 is 1.10 bits per heavy atom. The van der Waals surface area contributed by atoms with Crippen molar-refractivity contribution in [2.45, 2.75) is 45.6 Å². The van der Waals surface area contributed by atoms with Crippen LogP contribution in [0.15, 0.2) is 55.0 Å². The average molecular weight is 419 g/mol. The van der Waals surface area contributed by atoms with Crippen molar-refractivity contribution < 1.29 is 9.59 Å². The Balaban J connectivity index is 1.29. The summed E-state index contributed by atoms with van der Waals surface area (Å²) in [5, 5.41) is 2.98. The van der Waals surface area contributed by atoms with Crippen molar-refractivity contribution in [2.75, 3.05) is 13.1 Å². The van der Waals surface area contributed by atoms with Gasteiger partial charge in [-0.2, -0.15) is 0 Å². The van der Waals surface area contributed by atoms with Crippen molar-refractivity contribution in [1.29, 1.82) is 0 Å². The number of nitrogens with one attached hydrogen (secondary N) is 1. The largest absolute Gasteiger partial charge is 0.348 e. The maximum atomic E-state index is 12.5. The van der Waals surface area contributed by atoms with E-state index in [1.807, 2.05) is 46.0 Å². The number of carbonyl (C=O) groups excluding carboxylic acids is 2. The first kappa shape index (κ1) is 21.1. The van der Waals surface area contributed by atoms with Crippen LogP contribution in [0, 0.1) is 5.92 Å². The van der Waals surface area contributed by atoms with E-state index in [1.165, 1.54) is 5.56 Å². The number of nitrogens with zero attached hydrogens (tertiary/aromatic N) is 3. The van der Waals surface area contributed by atoms with Gasteiger partial charge in [0, 0.05) is 50.2 Å². The van der Waals surface area contributed by atoms with Gasteiger partial charge in [-0.3, -0.25) is 9.59 Å². The predicted octanol–water partition coefficient (Wildman–Crippen LogP) is 4.02. The Bertz CT molecular complexity index is 1050. The highest BCUT2D eigenvalue weighted by molar-refractivity contribution is 5.94. The maximum absolute atomic E-state index is 12.5. The second kappa shape index (κ2) is 9.33. The number of piperidine rings is 1. The van der Waals surface area contributed by atoms with Crippen molar-refractivity contribution in [1.82, 2.24) is 19.6 Å². The summed E-state index contributed by atoms with van der Waals surface area (Å²) >= 11 is 0. The molecule has 31 heavy (non-hydrogen) atoms. The molecule has 0 radical (unpaired) electrons. The molecule has 2 amide bonds. The maximum Gasteiger partial charge on any atom is 0.251 e. The molecule has 0 atom stereocenters. The molecule has 3 aromatic rings. The van der Waals surface area contributed by atoms with E-state index >= 15 is 0 Å². The molecule has 4 rings (SSSR count). The number of hydrogen-bond acceptors (Lipinski definition) is 3. The Morgan fingerprint density at radius 3 is 2.55 bits per heavy atom. The number of fused-ring (bicyclic) bond motifs is 1. The highest BCUT2D eigenvalue weighted by Gasteiger charge is 2.24. The molecule has 6 nitrogen and oxygen atoms in total. The quantitative estimate of drug-likeness (QED) is 0.658. The van der Waals surface area contributed by atoms with Crippen molar-refractivity contribution >= 4 is 17.5 Å². The molecule has 6 heteroatoms. The summed E-state index contributed by atoms with van der Waals surface area (Å²) < 4.78 is 1.94. The zero-order chi connectivity index (χ0) is 21.8. The second-order valence-corrected chi connectivity index (χ2v) is 8.79. The minimum Gasteiger partial charge on any atom is -0.348 e. The first-order valence-corrected chi connectivity index (χ1v) is 11.1. The summed E-state index contributed by atoms with van der Waals surface area (Å²) in [7, 11) is 0. The number of amides is 2. The number of rotatable bonds is 6. The van der Waals surface area contributed by atoms with Gasteiger partial charge < -0.3 is 14.6 Å². The molecule has 0 bridgehead atoms. The van der Waals surface area contributed by atoms with E-state index in [9.17, 15) is 9.59 Å². The molecule has 0 saturated carbocycles. The van der Waals surface area contributed by atoms with Gasteiger partial charge in [0.25, 0.3) is 5.91 Å². The van der Waals surface area contributed by atoms with E-state index in [2.05, 4.69) is 36.3 Å². The van der Waals surface area contributed by atoms with Crippen LogP contribution in [0.3, 0.4) is 0 Å². The molecule has 1 fully saturated rings. The fourth-order valence-electron chi connectivity index (χ4n) is 4.19. The zero-order valence-corrected chi connectivity index (χ0v) is 18.3. The van der Waals surface area contributed by atoms with Crippen LogP contribution in [0.1, 0.15) is 60.5 Å². The number of carbonyl (C=O) groups is 2. The van der Waals surface area contributed by atoms with Gasteiger partial charge in [0.05, 0.1) is 0 Å². The first-order valence-electron chi connectivity index (χ1n) is 11.1. The molecule has 3 heterocycles. The van der Waals surface area contributed by atoms with Gasteiger partial charge in [-0.25, -0.2) is 4.98 Å². The van der Waals surface area contributed by atoms with Gasteiger partial charge in [0.1, 0.15) is 5.65 Å². The summed E-state index contributed by atoms with van der Waals surface area (Å²) in [6, 6.07) is 11.9. The summed E-state index contributed by atoms with van der Waals surface area (Å²) in [4.78, 5) is 31.1. The number of benzene rings is 1. The van der Waals surface area contributed by atoms with E-state index in [1.54, 1.807) is 6.20 Å². The fraction of sp³-hybridized carbons (Fsp3) is 0.400. The number of imidazole rings is 1. The van der Waals surface area contributed by atoms with Crippen LogP contribution >= 0.6 is 0 Å². The highest BCUT2D eigenvalue weighted by atomic mass is 16.2. The standard InChI is InChI=1S/C25H30N4O2/c1-18(2)15-24(30)29-12-8-21(9-13-29)20-3-5-22(6-4-20)25(31)27-17-19-7-11-28-14-10-26-23(28)16-19/h3-7,10-11,14,16,18,21H,8-9,12-13,15,17H2,1-2H3,(H,27,31). The average Bonchev–Trinajstić information content (AvgIpc) is 3.25. The normalized spacial score (nSPS) is 14.9. The molecule has 1 N–H and O–H groups in total. The van der Waals surface area contributed by atoms with Gasteiger partial charge in [-0.05, 0) is 60.1 Å². The van der Waals surface area contributed by atoms with Gasteiger partial charge in [-0.15, -0.1) is 0 Å². The van der Waals surface area contributed by atoms with Crippen LogP contribution in [0.2, 0.25) is 0 Å². The lowest BCUT2D eigenvalue weighted by Gasteiger charge is -2.32. The minimum atomic E-state index is -0.0798. The number of aromatic nitrogens is 2. The lowest BCUT2D eigenvalue weighted by molar-refractivity contribution is -0.133. The summed E-state index contributed by atoms with van der Waals surface area (Å²) in [6.07, 6.45) is 8.18. The van der Waals surface area contributed by atoms with Crippen LogP contribution in [0.4, 0.5) is 0 Å². The number of hydrogen-bond donors (Lipinski definition) is 1. The number of likely N-dealkylation sites (tertiary alicyclic amines) is 1. The third kappa shape index (κ3) is 5.13. The van der Waals surface area contributed by atoms with E-state index in [4.69, 9.17) is 0 Å². The van der Waals surface area contributed by atoms with E-state index < -0.39 is 0 Å². The summed E-state index contributed by atoms with van der Waals surface area (Å²) in [5.41, 5.74) is 3.79. The molecule has 1 saturated heterocycles. The fourth-order valence-corrected chi connectivity index (χ4v) is 4.19. The third-order valence-electron chi connectivity index (χ3n) is 5.99. The van der Waals surface area contributed by atoms with Crippen LogP contribution in [0.5, 0.6) is 0 Å². The van der Waals surface area contributed by atoms with Gasteiger partial charge in [0.15, 0.2) is 0 Å². The van der Waals surface area contributed by atoms with Gasteiger partial charge in [0.2, 0.25) is 5.91 Å². The van der Waals surface area contributed by atoms with Crippen molar-refractivity contribution in [3.8, 4) is 0 Å². The molecule has 1 aromatic carbocycles. The molecular formula is C25H30N4O2. The second-order valence-electron chi connectivity index (χ2n) is 8.79. The lowest BCUT2D eigenvalue weighted by atomic mass is 9.88. The molecule has 1 aliphatic rings. The molecule has 2 aromatic heterocycles. The van der Waals surface area contributed by atoms with Crippen LogP contribution < -0.4 is 5.32 Å². The monoisotopic (exact) mass is 418 g/mol. The SMILES string of the molecule is CC(C)CC(=O)N1CCC(c2ccc(C(=O)NCc3ccn4ccnc4c3)cc2)CC1. The topological polar surface area (TPSA) is 66.7 Å². The van der Waals surface area contributed by atoms with Crippen LogP contribution in [0.25, 0.3) is 5.65 Å². The van der Waals surface area contributed by atoms with Crippen molar-refractivity contribution in [3.05, 3.63) is 71.7 Å². The zero-order valence-electron chi connectivity index (χ0n) is 18.3. The molecule has 1 aliphatic heterocycles. The minimum absolute atomic E-state index is 0.0798. The van der Waals surface area contributed by atoms with Crippen LogP contribution in [-0.2, 0) is 11.3 Å². The molecule has 0 unspecified atom stereocenters. The Labute approximate surface area is 183 Å². The predicted molar refractivity (Wildman–Crippen MR) is 121 cm³/mol. The smallest absolute Gasteiger partial charge is 0.251 e. The Kier molecular flexibility index (Phi) is 6.35.